The van der Waals surface area contributed by atoms with Crippen LogP contribution < -0.4 is 10.6 Å². The predicted octanol–water partition coefficient (Wildman–Crippen LogP) is 2.57. The molecule has 2 heterocycles. The van der Waals surface area contributed by atoms with E-state index >= 15 is 0 Å². The first-order valence-corrected chi connectivity index (χ1v) is 8.55. The van der Waals surface area contributed by atoms with E-state index in [1.54, 1.807) is 24.5 Å². The summed E-state index contributed by atoms with van der Waals surface area (Å²) in [6, 6.07) is 11.1. The first-order valence-electron chi connectivity index (χ1n) is 8.55. The number of hydrogen-bond donors (Lipinski definition) is 2. The second kappa shape index (κ2) is 8.28. The molecule has 2 N–H and O–H groups in total. The van der Waals surface area contributed by atoms with Gasteiger partial charge in [-0.05, 0) is 49.2 Å². The van der Waals surface area contributed by atoms with Gasteiger partial charge in [-0.1, -0.05) is 0 Å². The Bertz CT molecular complexity index is 716. The lowest BCUT2D eigenvalue weighted by atomic mass is 10.2. The predicted molar refractivity (Wildman–Crippen MR) is 96.7 cm³/mol. The molecule has 0 unspecified atom stereocenters. The van der Waals surface area contributed by atoms with Gasteiger partial charge in [0.15, 0.2) is 0 Å². The van der Waals surface area contributed by atoms with E-state index in [4.69, 9.17) is 0 Å². The molecule has 25 heavy (non-hydrogen) atoms. The summed E-state index contributed by atoms with van der Waals surface area (Å²) < 4.78 is 0. The van der Waals surface area contributed by atoms with Crippen LogP contribution in [0.25, 0.3) is 0 Å². The molecule has 1 aliphatic rings. The Hall–Kier alpha value is -2.89. The van der Waals surface area contributed by atoms with E-state index in [1.807, 2.05) is 29.2 Å². The van der Waals surface area contributed by atoms with Gasteiger partial charge in [-0.25, -0.2) is 0 Å². The van der Waals surface area contributed by atoms with Gasteiger partial charge in [0.05, 0.1) is 0 Å². The van der Waals surface area contributed by atoms with E-state index in [0.29, 0.717) is 25.1 Å². The topological polar surface area (TPSA) is 74.3 Å². The molecule has 0 saturated carbocycles. The summed E-state index contributed by atoms with van der Waals surface area (Å²) >= 11 is 0. The molecule has 6 heteroatoms. The molecule has 1 saturated heterocycles. The first-order chi connectivity index (χ1) is 12.2. The number of likely N-dealkylation sites (tertiary alicyclic amines) is 1. The Morgan fingerprint density at radius 1 is 1.08 bits per heavy atom. The minimum absolute atomic E-state index is 0.0943. The lowest BCUT2D eigenvalue weighted by Gasteiger charge is -2.15. The summed E-state index contributed by atoms with van der Waals surface area (Å²) in [5, 5.41) is 6.15. The van der Waals surface area contributed by atoms with Gasteiger partial charge in [-0.3, -0.25) is 14.6 Å². The van der Waals surface area contributed by atoms with Gasteiger partial charge >= 0.3 is 0 Å². The smallest absolute Gasteiger partial charge is 0.251 e. The van der Waals surface area contributed by atoms with Crippen molar-refractivity contribution in [2.45, 2.75) is 19.3 Å². The molecule has 1 fully saturated rings. The molecule has 2 amide bonds. The van der Waals surface area contributed by atoms with Crippen LogP contribution in [-0.2, 0) is 4.79 Å². The normalized spacial score (nSPS) is 13.8. The largest absolute Gasteiger partial charge is 0.355 e. The average Bonchev–Trinajstić information content (AvgIpc) is 3.05. The molecule has 1 aromatic heterocycles. The molecule has 1 aromatic carbocycles. The standard InChI is InChI=1S/C19H22N4O2/c24-18-3-1-13-23(18)14-2-10-21-19(25)15-4-6-16(7-5-15)22-17-8-11-20-12-9-17/h4-9,11-12H,1-3,10,13-14H2,(H,20,22)(H,21,25). The highest BCUT2D eigenvalue weighted by molar-refractivity contribution is 5.94. The van der Waals surface area contributed by atoms with E-state index in [9.17, 15) is 9.59 Å². The number of amides is 2. The van der Waals surface area contributed by atoms with Crippen molar-refractivity contribution in [2.75, 3.05) is 25.0 Å². The lowest BCUT2D eigenvalue weighted by Crippen LogP contribution is -2.30. The summed E-state index contributed by atoms with van der Waals surface area (Å²) in [5.74, 6) is 0.131. The van der Waals surface area contributed by atoms with E-state index in [1.165, 1.54) is 0 Å². The number of hydrogen-bond acceptors (Lipinski definition) is 4. The zero-order valence-electron chi connectivity index (χ0n) is 14.1. The van der Waals surface area contributed by atoms with Gasteiger partial charge in [0.25, 0.3) is 5.91 Å². The maximum atomic E-state index is 12.2. The maximum absolute atomic E-state index is 12.2. The number of pyridine rings is 1. The number of anilines is 2. The number of nitrogens with zero attached hydrogens (tertiary/aromatic N) is 2. The number of rotatable bonds is 7. The quantitative estimate of drug-likeness (QED) is 0.761. The SMILES string of the molecule is O=C(NCCCN1CCCC1=O)c1ccc(Nc2ccncc2)cc1. The zero-order valence-corrected chi connectivity index (χ0v) is 14.1. The maximum Gasteiger partial charge on any atom is 0.251 e. The van der Waals surface area contributed by atoms with Crippen LogP contribution >= 0.6 is 0 Å². The number of benzene rings is 1. The van der Waals surface area contributed by atoms with Crippen molar-refractivity contribution in [3.05, 3.63) is 54.4 Å². The Morgan fingerprint density at radius 2 is 1.80 bits per heavy atom. The van der Waals surface area contributed by atoms with Crippen molar-refractivity contribution in [3.63, 3.8) is 0 Å². The van der Waals surface area contributed by atoms with Crippen molar-refractivity contribution < 1.29 is 9.59 Å². The minimum atomic E-state index is -0.0943. The molecule has 1 aliphatic heterocycles. The fraction of sp³-hybridized carbons (Fsp3) is 0.316. The number of carbonyl (C=O) groups excluding carboxylic acids is 2. The second-order valence-corrected chi connectivity index (χ2v) is 6.03. The number of nitrogens with one attached hydrogen (secondary N) is 2. The summed E-state index contributed by atoms with van der Waals surface area (Å²) in [6.45, 7) is 2.13. The lowest BCUT2D eigenvalue weighted by molar-refractivity contribution is -0.127. The van der Waals surface area contributed by atoms with Crippen LogP contribution in [-0.4, -0.2) is 41.3 Å². The monoisotopic (exact) mass is 338 g/mol. The van der Waals surface area contributed by atoms with Gasteiger partial charge in [-0.2, -0.15) is 0 Å². The van der Waals surface area contributed by atoms with Crippen LogP contribution in [0.15, 0.2) is 48.8 Å². The van der Waals surface area contributed by atoms with Gasteiger partial charge in [0, 0.05) is 55.4 Å². The Kier molecular flexibility index (Phi) is 5.61. The molecule has 0 atom stereocenters. The van der Waals surface area contributed by atoms with Crippen LogP contribution in [0.1, 0.15) is 29.6 Å². The van der Waals surface area contributed by atoms with Gasteiger partial charge in [-0.15, -0.1) is 0 Å². The van der Waals surface area contributed by atoms with Crippen LogP contribution in [0.3, 0.4) is 0 Å². The number of carbonyl (C=O) groups is 2. The first kappa shape index (κ1) is 17.0. The number of aromatic nitrogens is 1. The minimum Gasteiger partial charge on any atom is -0.355 e. The van der Waals surface area contributed by atoms with Crippen molar-refractivity contribution in [1.82, 2.24) is 15.2 Å². The molecule has 0 radical (unpaired) electrons. The average molecular weight is 338 g/mol. The Morgan fingerprint density at radius 3 is 2.48 bits per heavy atom. The third kappa shape index (κ3) is 4.79. The Balaban J connectivity index is 1.43. The van der Waals surface area contributed by atoms with Crippen LogP contribution in [0.4, 0.5) is 11.4 Å². The van der Waals surface area contributed by atoms with Gasteiger partial charge in [0.1, 0.15) is 0 Å². The highest BCUT2D eigenvalue weighted by atomic mass is 16.2. The molecule has 3 rings (SSSR count). The highest BCUT2D eigenvalue weighted by Gasteiger charge is 2.19. The Labute approximate surface area is 147 Å². The van der Waals surface area contributed by atoms with Crippen molar-refractivity contribution >= 4 is 23.2 Å². The molecular formula is C19H22N4O2. The van der Waals surface area contributed by atoms with Crippen molar-refractivity contribution in [3.8, 4) is 0 Å². The summed E-state index contributed by atoms with van der Waals surface area (Å²) in [5.41, 5.74) is 2.48. The molecular weight excluding hydrogens is 316 g/mol. The van der Waals surface area contributed by atoms with E-state index in [0.717, 1.165) is 30.8 Å². The molecule has 130 valence electrons. The third-order valence-corrected chi connectivity index (χ3v) is 4.18. The third-order valence-electron chi connectivity index (χ3n) is 4.18. The van der Waals surface area contributed by atoms with Crippen LogP contribution in [0.2, 0.25) is 0 Å². The van der Waals surface area contributed by atoms with Crippen molar-refractivity contribution in [1.29, 1.82) is 0 Å². The highest BCUT2D eigenvalue weighted by Crippen LogP contribution is 2.16. The van der Waals surface area contributed by atoms with Gasteiger partial charge in [0.2, 0.25) is 5.91 Å². The van der Waals surface area contributed by atoms with Crippen LogP contribution in [0, 0.1) is 0 Å². The molecule has 2 aromatic rings. The molecule has 0 bridgehead atoms. The van der Waals surface area contributed by atoms with E-state index < -0.39 is 0 Å². The fourth-order valence-electron chi connectivity index (χ4n) is 2.82. The molecule has 0 spiro atoms. The summed E-state index contributed by atoms with van der Waals surface area (Å²) in [6.07, 6.45) is 5.83. The van der Waals surface area contributed by atoms with Crippen molar-refractivity contribution in [2.24, 2.45) is 0 Å². The molecule has 6 nitrogen and oxygen atoms in total. The molecule has 0 aliphatic carbocycles. The van der Waals surface area contributed by atoms with E-state index in [-0.39, 0.29) is 11.8 Å². The van der Waals surface area contributed by atoms with Gasteiger partial charge < -0.3 is 15.5 Å². The fourth-order valence-corrected chi connectivity index (χ4v) is 2.82. The summed E-state index contributed by atoms with van der Waals surface area (Å²) in [4.78, 5) is 29.5. The summed E-state index contributed by atoms with van der Waals surface area (Å²) in [7, 11) is 0. The second-order valence-electron chi connectivity index (χ2n) is 6.03. The van der Waals surface area contributed by atoms with E-state index in [2.05, 4.69) is 15.6 Å². The van der Waals surface area contributed by atoms with Crippen LogP contribution in [0.5, 0.6) is 0 Å². The zero-order chi connectivity index (χ0) is 17.5.